The van der Waals surface area contributed by atoms with Gasteiger partial charge in [0, 0.05) is 26.0 Å². The fourth-order valence-corrected chi connectivity index (χ4v) is 0.794. The molecule has 10 heavy (non-hydrogen) atoms. The maximum atomic E-state index is 2.25. The largest absolute Gasteiger partial charge is 0.362 e. The molecule has 1 aliphatic rings. The van der Waals surface area contributed by atoms with Gasteiger partial charge in [0.05, 0.1) is 6.67 Å². The minimum absolute atomic E-state index is 0. The molecule has 0 saturated carbocycles. The minimum atomic E-state index is 0. The number of hydrogen-bond donors (Lipinski definition) is 0. The van der Waals surface area contributed by atoms with Gasteiger partial charge in [0.2, 0.25) is 0 Å². The van der Waals surface area contributed by atoms with E-state index in [0.717, 1.165) is 13.2 Å². The van der Waals surface area contributed by atoms with E-state index < -0.39 is 0 Å². The standard InChI is InChI=1S/C6H12N2.2ClH/c1-3-8-5-4-7(2)6-8;;/h4-5H,3,6H2,1-2H3;2*1H. The van der Waals surface area contributed by atoms with Gasteiger partial charge in [0.15, 0.2) is 0 Å². The van der Waals surface area contributed by atoms with Crippen LogP contribution in [0.3, 0.4) is 0 Å². The van der Waals surface area contributed by atoms with Crippen molar-refractivity contribution in [3.63, 3.8) is 0 Å². The molecule has 0 radical (unpaired) electrons. The maximum Gasteiger partial charge on any atom is 0.0890 e. The third kappa shape index (κ3) is 3.18. The van der Waals surface area contributed by atoms with Crippen LogP contribution in [0, 0.1) is 0 Å². The zero-order valence-electron chi connectivity index (χ0n) is 6.28. The average molecular weight is 185 g/mol. The Kier molecular flexibility index (Phi) is 7.15. The number of nitrogens with zero attached hydrogens (tertiary/aromatic N) is 2. The molecule has 0 aromatic carbocycles. The number of halogens is 2. The van der Waals surface area contributed by atoms with Gasteiger partial charge in [-0.3, -0.25) is 0 Å². The van der Waals surface area contributed by atoms with E-state index in [1.165, 1.54) is 0 Å². The molecule has 0 atom stereocenters. The summed E-state index contributed by atoms with van der Waals surface area (Å²) in [5.41, 5.74) is 0. The Morgan fingerprint density at radius 3 is 2.10 bits per heavy atom. The quantitative estimate of drug-likeness (QED) is 0.611. The third-order valence-corrected chi connectivity index (χ3v) is 1.34. The molecule has 0 aromatic heterocycles. The van der Waals surface area contributed by atoms with Crippen molar-refractivity contribution in [1.29, 1.82) is 0 Å². The van der Waals surface area contributed by atoms with Crippen LogP contribution in [0.25, 0.3) is 0 Å². The van der Waals surface area contributed by atoms with Crippen molar-refractivity contribution in [3.8, 4) is 0 Å². The Labute approximate surface area is 74.7 Å². The Morgan fingerprint density at radius 2 is 1.90 bits per heavy atom. The zero-order valence-corrected chi connectivity index (χ0v) is 7.91. The van der Waals surface area contributed by atoms with Crippen molar-refractivity contribution >= 4 is 24.8 Å². The van der Waals surface area contributed by atoms with E-state index in [4.69, 9.17) is 0 Å². The molecule has 0 aromatic rings. The van der Waals surface area contributed by atoms with Gasteiger partial charge < -0.3 is 9.80 Å². The van der Waals surface area contributed by atoms with Crippen molar-refractivity contribution in [2.75, 3.05) is 20.3 Å². The first-order valence-electron chi connectivity index (χ1n) is 2.95. The van der Waals surface area contributed by atoms with Gasteiger partial charge in [-0.25, -0.2) is 0 Å². The van der Waals surface area contributed by atoms with Gasteiger partial charge in [-0.05, 0) is 6.92 Å². The van der Waals surface area contributed by atoms with Crippen LogP contribution < -0.4 is 0 Å². The molecular formula is C6H14Cl2N2. The Bertz CT molecular complexity index is 106. The fourth-order valence-electron chi connectivity index (χ4n) is 0.794. The molecule has 4 heteroatoms. The molecule has 2 nitrogen and oxygen atoms in total. The molecule has 0 unspecified atom stereocenters. The van der Waals surface area contributed by atoms with Gasteiger partial charge in [-0.1, -0.05) is 0 Å². The first kappa shape index (κ1) is 12.6. The highest BCUT2D eigenvalue weighted by Crippen LogP contribution is 2.00. The summed E-state index contributed by atoms with van der Waals surface area (Å²) in [4.78, 5) is 4.41. The van der Waals surface area contributed by atoms with Crippen LogP contribution in [0.1, 0.15) is 6.92 Å². The predicted octanol–water partition coefficient (Wildman–Crippen LogP) is 1.53. The smallest absolute Gasteiger partial charge is 0.0890 e. The first-order valence-corrected chi connectivity index (χ1v) is 2.95. The predicted molar refractivity (Wildman–Crippen MR) is 48.6 cm³/mol. The summed E-state index contributed by atoms with van der Waals surface area (Å²) in [7, 11) is 2.08. The summed E-state index contributed by atoms with van der Waals surface area (Å²) in [6.45, 7) is 4.32. The second-order valence-electron chi connectivity index (χ2n) is 2.10. The molecule has 0 amide bonds. The van der Waals surface area contributed by atoms with Crippen LogP contribution in [0.15, 0.2) is 12.4 Å². The highest BCUT2D eigenvalue weighted by molar-refractivity contribution is 5.85. The van der Waals surface area contributed by atoms with Gasteiger partial charge in [-0.2, -0.15) is 0 Å². The number of rotatable bonds is 1. The second-order valence-corrected chi connectivity index (χ2v) is 2.10. The Hall–Kier alpha value is -0.0800. The lowest BCUT2D eigenvalue weighted by atomic mass is 10.6. The maximum absolute atomic E-state index is 2.25. The molecule has 1 rings (SSSR count). The summed E-state index contributed by atoms with van der Waals surface area (Å²) in [6, 6.07) is 0. The molecule has 0 spiro atoms. The van der Waals surface area contributed by atoms with Gasteiger partial charge >= 0.3 is 0 Å². The van der Waals surface area contributed by atoms with Crippen LogP contribution in [0.4, 0.5) is 0 Å². The highest BCUT2D eigenvalue weighted by atomic mass is 35.5. The molecule has 1 aliphatic heterocycles. The van der Waals surface area contributed by atoms with E-state index in [2.05, 4.69) is 36.2 Å². The molecular weight excluding hydrogens is 171 g/mol. The van der Waals surface area contributed by atoms with Crippen molar-refractivity contribution in [2.45, 2.75) is 6.92 Å². The average Bonchev–Trinajstić information content (AvgIpc) is 2.14. The lowest BCUT2D eigenvalue weighted by Gasteiger charge is -2.14. The normalized spacial score (nSPS) is 14.6. The third-order valence-electron chi connectivity index (χ3n) is 1.34. The molecule has 0 aliphatic carbocycles. The van der Waals surface area contributed by atoms with E-state index in [0.29, 0.717) is 0 Å². The molecule has 62 valence electrons. The van der Waals surface area contributed by atoms with Crippen molar-refractivity contribution in [3.05, 3.63) is 12.4 Å². The fraction of sp³-hybridized carbons (Fsp3) is 0.667. The first-order chi connectivity index (χ1) is 3.83. The molecule has 1 heterocycles. The van der Waals surface area contributed by atoms with Crippen molar-refractivity contribution < 1.29 is 0 Å². The highest BCUT2D eigenvalue weighted by Gasteiger charge is 2.03. The van der Waals surface area contributed by atoms with Gasteiger partial charge in [-0.15, -0.1) is 24.8 Å². The SMILES string of the molecule is CCN1C=CN(C)C1.Cl.Cl. The van der Waals surface area contributed by atoms with Crippen molar-refractivity contribution in [1.82, 2.24) is 9.80 Å². The van der Waals surface area contributed by atoms with Crippen LogP contribution in [0.5, 0.6) is 0 Å². The van der Waals surface area contributed by atoms with Crippen LogP contribution in [0.2, 0.25) is 0 Å². The zero-order chi connectivity index (χ0) is 5.98. The Balaban J connectivity index is 0. The van der Waals surface area contributed by atoms with E-state index in [1.807, 2.05) is 0 Å². The summed E-state index contributed by atoms with van der Waals surface area (Å²) in [6.07, 6.45) is 4.20. The molecule has 0 saturated heterocycles. The lowest BCUT2D eigenvalue weighted by molar-refractivity contribution is 0.308. The second kappa shape index (κ2) is 5.69. The van der Waals surface area contributed by atoms with E-state index in [-0.39, 0.29) is 24.8 Å². The topological polar surface area (TPSA) is 6.48 Å². The molecule has 0 fully saturated rings. The number of hydrogen-bond acceptors (Lipinski definition) is 2. The van der Waals surface area contributed by atoms with E-state index in [9.17, 15) is 0 Å². The molecule has 0 bridgehead atoms. The van der Waals surface area contributed by atoms with E-state index >= 15 is 0 Å². The van der Waals surface area contributed by atoms with E-state index in [1.54, 1.807) is 0 Å². The molecule has 0 N–H and O–H groups in total. The van der Waals surface area contributed by atoms with Crippen LogP contribution in [-0.4, -0.2) is 30.1 Å². The minimum Gasteiger partial charge on any atom is -0.362 e. The summed E-state index contributed by atoms with van der Waals surface area (Å²) in [5.74, 6) is 0. The summed E-state index contributed by atoms with van der Waals surface area (Å²) < 4.78 is 0. The summed E-state index contributed by atoms with van der Waals surface area (Å²) >= 11 is 0. The van der Waals surface area contributed by atoms with Crippen LogP contribution >= 0.6 is 24.8 Å². The monoisotopic (exact) mass is 184 g/mol. The van der Waals surface area contributed by atoms with Crippen molar-refractivity contribution in [2.24, 2.45) is 0 Å². The lowest BCUT2D eigenvalue weighted by Crippen LogP contribution is -2.21. The van der Waals surface area contributed by atoms with Gasteiger partial charge in [0.1, 0.15) is 0 Å². The Morgan fingerprint density at radius 1 is 1.30 bits per heavy atom. The van der Waals surface area contributed by atoms with Gasteiger partial charge in [0.25, 0.3) is 0 Å². The van der Waals surface area contributed by atoms with Crippen LogP contribution in [-0.2, 0) is 0 Å². The summed E-state index contributed by atoms with van der Waals surface area (Å²) in [5, 5.41) is 0.